The van der Waals surface area contributed by atoms with E-state index in [4.69, 9.17) is 4.74 Å². The summed E-state index contributed by atoms with van der Waals surface area (Å²) >= 11 is 0. The van der Waals surface area contributed by atoms with Gasteiger partial charge >= 0.3 is 6.18 Å². The van der Waals surface area contributed by atoms with Gasteiger partial charge in [0, 0.05) is 24.5 Å². The molecule has 0 radical (unpaired) electrons. The van der Waals surface area contributed by atoms with Crippen LogP contribution in [0.15, 0.2) is 36.7 Å². The molecule has 29 heavy (non-hydrogen) atoms. The van der Waals surface area contributed by atoms with Crippen LogP contribution in [0.5, 0.6) is 5.88 Å². The number of fused-ring (bicyclic) bond motifs is 1. The van der Waals surface area contributed by atoms with Gasteiger partial charge < -0.3 is 10.1 Å². The van der Waals surface area contributed by atoms with Crippen molar-refractivity contribution in [2.45, 2.75) is 44.0 Å². The SMILES string of the molecule is O=C(NC1CCC(Oc2ccc3nnc(C(F)(F)F)n3n2)CC1)c1cccnc1. The highest BCUT2D eigenvalue weighted by molar-refractivity contribution is 5.94. The molecule has 0 bridgehead atoms. The summed E-state index contributed by atoms with van der Waals surface area (Å²) in [5.41, 5.74) is 0.490. The zero-order chi connectivity index (χ0) is 20.4. The van der Waals surface area contributed by atoms with Crippen LogP contribution in [0.25, 0.3) is 5.65 Å². The standard InChI is InChI=1S/C18H17F3N6O2/c19-18(20,21)17-25-24-14-7-8-15(26-27(14)17)29-13-5-3-12(4-6-13)23-16(28)11-2-1-9-22-10-11/h1-2,7-10,12-13H,3-6H2,(H,23,28). The lowest BCUT2D eigenvalue weighted by Crippen LogP contribution is -2.39. The molecule has 0 atom stereocenters. The largest absolute Gasteiger partial charge is 0.473 e. The Bertz CT molecular complexity index is 1000. The number of pyridine rings is 1. The number of nitrogens with one attached hydrogen (secondary N) is 1. The Morgan fingerprint density at radius 3 is 2.62 bits per heavy atom. The van der Waals surface area contributed by atoms with E-state index in [1.54, 1.807) is 18.3 Å². The quantitative estimate of drug-likeness (QED) is 0.716. The molecule has 1 N–H and O–H groups in total. The van der Waals surface area contributed by atoms with Gasteiger partial charge in [0.05, 0.1) is 5.56 Å². The van der Waals surface area contributed by atoms with Crippen LogP contribution in [0.2, 0.25) is 0 Å². The van der Waals surface area contributed by atoms with Crippen molar-refractivity contribution in [3.63, 3.8) is 0 Å². The molecule has 1 aliphatic rings. The third-order valence-electron chi connectivity index (χ3n) is 4.71. The van der Waals surface area contributed by atoms with Crippen LogP contribution in [0.1, 0.15) is 41.9 Å². The molecule has 3 heterocycles. The number of amides is 1. The van der Waals surface area contributed by atoms with Crippen molar-refractivity contribution >= 4 is 11.6 Å². The molecule has 3 aromatic heterocycles. The fourth-order valence-electron chi connectivity index (χ4n) is 3.27. The van der Waals surface area contributed by atoms with Gasteiger partial charge in [-0.05, 0) is 43.9 Å². The second kappa shape index (κ2) is 7.64. The average molecular weight is 406 g/mol. The van der Waals surface area contributed by atoms with Crippen molar-refractivity contribution in [3.05, 3.63) is 48.0 Å². The zero-order valence-corrected chi connectivity index (χ0v) is 15.1. The molecule has 0 aromatic carbocycles. The summed E-state index contributed by atoms with van der Waals surface area (Å²) in [7, 11) is 0. The van der Waals surface area contributed by atoms with Crippen LogP contribution in [0, 0.1) is 0 Å². The van der Waals surface area contributed by atoms with Crippen LogP contribution in [-0.4, -0.2) is 42.8 Å². The van der Waals surface area contributed by atoms with E-state index in [2.05, 4.69) is 25.6 Å². The van der Waals surface area contributed by atoms with Gasteiger partial charge in [-0.15, -0.1) is 15.3 Å². The highest BCUT2D eigenvalue weighted by Crippen LogP contribution is 2.28. The van der Waals surface area contributed by atoms with Crippen LogP contribution in [0.3, 0.4) is 0 Å². The molecule has 0 unspecified atom stereocenters. The van der Waals surface area contributed by atoms with Crippen LogP contribution in [-0.2, 0) is 6.18 Å². The van der Waals surface area contributed by atoms with Gasteiger partial charge in [0.2, 0.25) is 5.88 Å². The molecule has 0 spiro atoms. The molecule has 1 saturated carbocycles. The summed E-state index contributed by atoms with van der Waals surface area (Å²) in [6.45, 7) is 0. The molecular weight excluding hydrogens is 389 g/mol. The van der Waals surface area contributed by atoms with E-state index in [1.807, 2.05) is 0 Å². The first-order chi connectivity index (χ1) is 13.9. The molecular formula is C18H17F3N6O2. The van der Waals surface area contributed by atoms with Gasteiger partial charge in [-0.3, -0.25) is 9.78 Å². The molecule has 0 saturated heterocycles. The first-order valence-electron chi connectivity index (χ1n) is 9.07. The Morgan fingerprint density at radius 2 is 1.93 bits per heavy atom. The van der Waals surface area contributed by atoms with Crippen molar-refractivity contribution < 1.29 is 22.7 Å². The van der Waals surface area contributed by atoms with Gasteiger partial charge in [0.15, 0.2) is 5.65 Å². The van der Waals surface area contributed by atoms with Crippen LogP contribution in [0.4, 0.5) is 13.2 Å². The summed E-state index contributed by atoms with van der Waals surface area (Å²) in [6, 6.07) is 6.25. The van der Waals surface area contributed by atoms with E-state index in [0.29, 0.717) is 35.8 Å². The average Bonchev–Trinajstić information content (AvgIpc) is 3.14. The van der Waals surface area contributed by atoms with Crippen molar-refractivity contribution in [1.82, 2.24) is 30.1 Å². The molecule has 152 valence electrons. The lowest BCUT2D eigenvalue weighted by atomic mass is 9.92. The Hall–Kier alpha value is -3.24. The molecule has 4 rings (SSSR count). The second-order valence-corrected chi connectivity index (χ2v) is 6.77. The maximum Gasteiger partial charge on any atom is 0.453 e. The van der Waals surface area contributed by atoms with E-state index in [0.717, 1.165) is 0 Å². The Morgan fingerprint density at radius 1 is 1.14 bits per heavy atom. The van der Waals surface area contributed by atoms with E-state index in [1.165, 1.54) is 18.3 Å². The third kappa shape index (κ3) is 4.28. The molecule has 1 fully saturated rings. The van der Waals surface area contributed by atoms with Crippen molar-refractivity contribution in [3.8, 4) is 5.88 Å². The number of rotatable bonds is 4. The predicted octanol–water partition coefficient (Wildman–Crippen LogP) is 2.66. The van der Waals surface area contributed by atoms with Gasteiger partial charge in [0.1, 0.15) is 6.10 Å². The van der Waals surface area contributed by atoms with Crippen molar-refractivity contribution in [2.75, 3.05) is 0 Å². The summed E-state index contributed by atoms with van der Waals surface area (Å²) < 4.78 is 45.3. The first-order valence-corrected chi connectivity index (χ1v) is 9.07. The molecule has 11 heteroatoms. The maximum atomic E-state index is 13.0. The number of carbonyl (C=O) groups is 1. The summed E-state index contributed by atoms with van der Waals surface area (Å²) in [6.07, 6.45) is 0.929. The van der Waals surface area contributed by atoms with E-state index in [-0.39, 0.29) is 29.6 Å². The Balaban J connectivity index is 1.35. The maximum absolute atomic E-state index is 13.0. The van der Waals surface area contributed by atoms with Crippen LogP contribution < -0.4 is 10.1 Å². The number of carbonyl (C=O) groups excluding carboxylic acids is 1. The monoisotopic (exact) mass is 406 g/mol. The number of hydrogen-bond acceptors (Lipinski definition) is 6. The number of hydrogen-bond donors (Lipinski definition) is 1. The zero-order valence-electron chi connectivity index (χ0n) is 15.1. The van der Waals surface area contributed by atoms with Crippen LogP contribution >= 0.6 is 0 Å². The summed E-state index contributed by atoms with van der Waals surface area (Å²) in [5.74, 6) is -1.30. The number of nitrogens with zero attached hydrogens (tertiary/aromatic N) is 5. The highest BCUT2D eigenvalue weighted by atomic mass is 19.4. The number of halogens is 3. The molecule has 3 aromatic rings. The Kier molecular flexibility index (Phi) is 5.03. The predicted molar refractivity (Wildman–Crippen MR) is 94.2 cm³/mol. The number of alkyl halides is 3. The number of ether oxygens (including phenoxy) is 1. The minimum atomic E-state index is -4.66. The van der Waals surface area contributed by atoms with Gasteiger partial charge in [0.25, 0.3) is 11.7 Å². The second-order valence-electron chi connectivity index (χ2n) is 6.77. The smallest absolute Gasteiger partial charge is 0.453 e. The topological polar surface area (TPSA) is 94.3 Å². The highest BCUT2D eigenvalue weighted by Gasteiger charge is 2.37. The summed E-state index contributed by atoms with van der Waals surface area (Å²) in [4.78, 5) is 16.1. The van der Waals surface area contributed by atoms with E-state index < -0.39 is 12.0 Å². The van der Waals surface area contributed by atoms with E-state index in [9.17, 15) is 18.0 Å². The minimum Gasteiger partial charge on any atom is -0.473 e. The molecule has 0 aliphatic heterocycles. The van der Waals surface area contributed by atoms with Gasteiger partial charge in [-0.1, -0.05) is 0 Å². The van der Waals surface area contributed by atoms with Crippen molar-refractivity contribution in [2.24, 2.45) is 0 Å². The summed E-state index contributed by atoms with van der Waals surface area (Å²) in [5, 5.41) is 13.5. The normalized spacial score (nSPS) is 19.8. The van der Waals surface area contributed by atoms with Crippen molar-refractivity contribution in [1.29, 1.82) is 0 Å². The van der Waals surface area contributed by atoms with Gasteiger partial charge in [-0.25, -0.2) is 0 Å². The molecule has 8 nitrogen and oxygen atoms in total. The first kappa shape index (κ1) is 19.1. The fraction of sp³-hybridized carbons (Fsp3) is 0.389. The number of aromatic nitrogens is 5. The minimum absolute atomic E-state index is 0.00711. The molecule has 1 amide bonds. The lowest BCUT2D eigenvalue weighted by Gasteiger charge is -2.29. The third-order valence-corrected chi connectivity index (χ3v) is 4.71. The van der Waals surface area contributed by atoms with E-state index >= 15 is 0 Å². The fourth-order valence-corrected chi connectivity index (χ4v) is 3.27. The molecule has 1 aliphatic carbocycles. The Labute approximate surface area is 163 Å². The lowest BCUT2D eigenvalue weighted by molar-refractivity contribution is -0.146. The van der Waals surface area contributed by atoms with Gasteiger partial charge in [-0.2, -0.15) is 17.7 Å².